The average Bonchev–Trinajstić information content (AvgIpc) is 2.94. The Morgan fingerprint density at radius 2 is 2.08 bits per heavy atom. The van der Waals surface area contributed by atoms with Gasteiger partial charge in [0.25, 0.3) is 0 Å². The summed E-state index contributed by atoms with van der Waals surface area (Å²) in [6, 6.07) is 9.90. The van der Waals surface area contributed by atoms with Crippen molar-refractivity contribution in [3.05, 3.63) is 45.6 Å². The SMILES string of the molecule is C[C@H](CO)Nc1nc(SCc2ccccc2)nc2[nH]c(=O)sc12.[Na]. The van der Waals surface area contributed by atoms with E-state index < -0.39 is 0 Å². The minimum absolute atomic E-state index is 0. The topological polar surface area (TPSA) is 90.9 Å². The van der Waals surface area contributed by atoms with E-state index in [1.54, 1.807) is 0 Å². The number of hydrogen-bond donors (Lipinski definition) is 3. The van der Waals surface area contributed by atoms with Crippen LogP contribution in [0, 0.1) is 0 Å². The molecule has 24 heavy (non-hydrogen) atoms. The summed E-state index contributed by atoms with van der Waals surface area (Å²) in [6.07, 6.45) is 0. The van der Waals surface area contributed by atoms with Gasteiger partial charge in [0, 0.05) is 41.4 Å². The number of rotatable bonds is 6. The van der Waals surface area contributed by atoms with Crippen LogP contribution in [-0.4, -0.2) is 62.3 Å². The third-order valence-corrected chi connectivity index (χ3v) is 4.92. The summed E-state index contributed by atoms with van der Waals surface area (Å²) in [6.45, 7) is 1.83. The van der Waals surface area contributed by atoms with E-state index in [-0.39, 0.29) is 47.1 Å². The molecule has 0 amide bonds. The van der Waals surface area contributed by atoms with Crippen LogP contribution >= 0.6 is 23.1 Å². The number of anilines is 1. The van der Waals surface area contributed by atoms with Crippen molar-refractivity contribution in [2.45, 2.75) is 23.9 Å². The van der Waals surface area contributed by atoms with Crippen LogP contribution in [0.25, 0.3) is 10.3 Å². The molecular weight excluding hydrogens is 355 g/mol. The van der Waals surface area contributed by atoms with E-state index in [9.17, 15) is 9.90 Å². The minimum atomic E-state index is -0.167. The summed E-state index contributed by atoms with van der Waals surface area (Å²) in [5.41, 5.74) is 1.71. The third kappa shape index (κ3) is 4.81. The van der Waals surface area contributed by atoms with Crippen molar-refractivity contribution in [2.24, 2.45) is 0 Å². The second-order valence-electron chi connectivity index (χ2n) is 5.05. The molecule has 2 aromatic heterocycles. The van der Waals surface area contributed by atoms with Crippen LogP contribution in [0.4, 0.5) is 5.82 Å². The Bertz CT molecular complexity index is 854. The number of fused-ring (bicyclic) bond motifs is 1. The number of H-pyrrole nitrogens is 1. The molecule has 0 saturated heterocycles. The fourth-order valence-electron chi connectivity index (χ4n) is 1.99. The van der Waals surface area contributed by atoms with Gasteiger partial charge in [-0.25, -0.2) is 9.97 Å². The molecule has 3 aromatic rings. The molecule has 0 unspecified atom stereocenters. The van der Waals surface area contributed by atoms with Crippen molar-refractivity contribution in [3.8, 4) is 0 Å². The number of aliphatic hydroxyl groups excluding tert-OH is 1. The van der Waals surface area contributed by atoms with Crippen LogP contribution < -0.4 is 10.2 Å². The van der Waals surface area contributed by atoms with E-state index in [0.29, 0.717) is 21.3 Å². The largest absolute Gasteiger partial charge is 0.394 e. The van der Waals surface area contributed by atoms with E-state index in [0.717, 1.165) is 17.1 Å². The predicted molar refractivity (Wildman–Crippen MR) is 100.0 cm³/mol. The molecule has 0 spiro atoms. The number of aromatic amines is 1. The first-order chi connectivity index (χ1) is 11.2. The molecule has 1 aromatic carbocycles. The first kappa shape index (κ1) is 19.4. The number of nitrogens with zero attached hydrogens (tertiary/aromatic N) is 2. The Morgan fingerprint density at radius 3 is 2.79 bits per heavy atom. The average molecular weight is 371 g/mol. The van der Waals surface area contributed by atoms with Gasteiger partial charge in [-0.15, -0.1) is 0 Å². The van der Waals surface area contributed by atoms with Crippen LogP contribution in [0.1, 0.15) is 12.5 Å². The molecule has 3 N–H and O–H groups in total. The van der Waals surface area contributed by atoms with Gasteiger partial charge >= 0.3 is 4.87 Å². The van der Waals surface area contributed by atoms with E-state index >= 15 is 0 Å². The van der Waals surface area contributed by atoms with Gasteiger partial charge < -0.3 is 10.4 Å². The molecule has 6 nitrogen and oxygen atoms in total. The van der Waals surface area contributed by atoms with Crippen molar-refractivity contribution < 1.29 is 5.11 Å². The van der Waals surface area contributed by atoms with Crippen molar-refractivity contribution in [1.29, 1.82) is 0 Å². The maximum atomic E-state index is 11.6. The molecule has 9 heteroatoms. The number of thioether (sulfide) groups is 1. The Balaban J connectivity index is 0.00000208. The van der Waals surface area contributed by atoms with E-state index in [1.807, 2.05) is 37.3 Å². The van der Waals surface area contributed by atoms with Gasteiger partial charge in [0.05, 0.1) is 6.61 Å². The smallest absolute Gasteiger partial charge is 0.306 e. The Morgan fingerprint density at radius 1 is 1.33 bits per heavy atom. The third-order valence-electron chi connectivity index (χ3n) is 3.13. The molecule has 0 aliphatic rings. The molecule has 2 heterocycles. The number of benzene rings is 1. The fourth-order valence-corrected chi connectivity index (χ4v) is 3.52. The number of aliphatic hydroxyl groups is 1. The van der Waals surface area contributed by atoms with Crippen LogP contribution in [0.2, 0.25) is 0 Å². The summed E-state index contributed by atoms with van der Waals surface area (Å²) in [5.74, 6) is 1.32. The molecule has 1 radical (unpaired) electrons. The summed E-state index contributed by atoms with van der Waals surface area (Å²) in [7, 11) is 0. The van der Waals surface area contributed by atoms with Crippen LogP contribution in [0.5, 0.6) is 0 Å². The van der Waals surface area contributed by atoms with Crippen molar-refractivity contribution in [2.75, 3.05) is 11.9 Å². The summed E-state index contributed by atoms with van der Waals surface area (Å²) < 4.78 is 0.680. The second-order valence-corrected chi connectivity index (χ2v) is 6.97. The molecule has 0 bridgehead atoms. The second kappa shape index (κ2) is 8.98. The molecule has 0 fully saturated rings. The predicted octanol–water partition coefficient (Wildman–Crippen LogP) is 2.08. The maximum absolute atomic E-state index is 11.6. The first-order valence-electron chi connectivity index (χ1n) is 7.10. The van der Waals surface area contributed by atoms with E-state index in [2.05, 4.69) is 20.3 Å². The number of nitrogens with one attached hydrogen (secondary N) is 2. The zero-order chi connectivity index (χ0) is 16.2. The Labute approximate surface area is 169 Å². The molecule has 3 rings (SSSR count). The zero-order valence-electron chi connectivity index (χ0n) is 13.4. The van der Waals surface area contributed by atoms with Crippen LogP contribution in [0.3, 0.4) is 0 Å². The zero-order valence-corrected chi connectivity index (χ0v) is 17.1. The molecular formula is C15H16N4NaO2S2. The van der Waals surface area contributed by atoms with Gasteiger partial charge in [0.15, 0.2) is 16.6 Å². The molecule has 1 atom stereocenters. The molecule has 121 valence electrons. The first-order valence-corrected chi connectivity index (χ1v) is 8.91. The van der Waals surface area contributed by atoms with Gasteiger partial charge in [0.1, 0.15) is 4.70 Å². The summed E-state index contributed by atoms with van der Waals surface area (Å²) in [5, 5.41) is 12.9. The van der Waals surface area contributed by atoms with Gasteiger partial charge in [-0.3, -0.25) is 9.78 Å². The molecule has 0 aliphatic heterocycles. The van der Waals surface area contributed by atoms with E-state index in [1.165, 1.54) is 17.3 Å². The summed E-state index contributed by atoms with van der Waals surface area (Å²) in [4.78, 5) is 23.1. The van der Waals surface area contributed by atoms with Crippen LogP contribution in [0.15, 0.2) is 40.3 Å². The quantitative estimate of drug-likeness (QED) is 0.349. The molecule has 0 saturated carbocycles. The van der Waals surface area contributed by atoms with Gasteiger partial charge in [0.2, 0.25) is 0 Å². The van der Waals surface area contributed by atoms with Crippen molar-refractivity contribution >= 4 is 68.8 Å². The molecule has 0 aliphatic carbocycles. The van der Waals surface area contributed by atoms with Crippen LogP contribution in [-0.2, 0) is 5.75 Å². The normalized spacial score (nSPS) is 11.9. The Kier molecular flexibility index (Phi) is 7.27. The monoisotopic (exact) mass is 371 g/mol. The number of aromatic nitrogens is 3. The van der Waals surface area contributed by atoms with Gasteiger partial charge in [-0.1, -0.05) is 53.4 Å². The minimum Gasteiger partial charge on any atom is -0.394 e. The van der Waals surface area contributed by atoms with Gasteiger partial charge in [-0.05, 0) is 12.5 Å². The standard InChI is InChI=1S/C15H16N4O2S2.Na/c1-9(7-20)16-12-11-13(19-15(21)23-11)18-14(17-12)22-8-10-5-3-2-4-6-10;/h2-6,9,20H,7-8H2,1H3,(H2,16,17,18,19,21);/t9-;/m1./s1. The maximum Gasteiger partial charge on any atom is 0.306 e. The summed E-state index contributed by atoms with van der Waals surface area (Å²) >= 11 is 2.57. The van der Waals surface area contributed by atoms with Gasteiger partial charge in [-0.2, -0.15) is 0 Å². The number of thiazole rings is 1. The van der Waals surface area contributed by atoms with Crippen molar-refractivity contribution in [1.82, 2.24) is 15.0 Å². The Hall–Kier alpha value is -0.900. The fraction of sp³-hybridized carbons (Fsp3) is 0.267. The van der Waals surface area contributed by atoms with E-state index in [4.69, 9.17) is 0 Å². The van der Waals surface area contributed by atoms with Crippen molar-refractivity contribution in [3.63, 3.8) is 0 Å². The number of hydrogen-bond acceptors (Lipinski definition) is 7.